The van der Waals surface area contributed by atoms with Crippen LogP contribution in [0, 0.1) is 10.1 Å². The van der Waals surface area contributed by atoms with Gasteiger partial charge in [0.05, 0.1) is 10.5 Å². The Morgan fingerprint density at radius 3 is 2.24 bits per heavy atom. The molecule has 1 amide bonds. The first-order valence-electron chi connectivity index (χ1n) is 10.4. The molecular weight excluding hydrogens is 426 g/mol. The zero-order chi connectivity index (χ0) is 23.5. The minimum absolute atomic E-state index is 0.0964. The molecule has 1 aliphatic carbocycles. The maximum Gasteiger partial charge on any atom is 0.407 e. The van der Waals surface area contributed by atoms with Gasteiger partial charge >= 0.3 is 6.09 Å². The number of fused-ring (bicyclic) bond motifs is 3. The summed E-state index contributed by atoms with van der Waals surface area (Å²) < 4.78 is 5.39. The number of aliphatic hydroxyl groups is 2. The second-order valence-corrected chi connectivity index (χ2v) is 7.76. The predicted octanol–water partition coefficient (Wildman–Crippen LogP) is 3.11. The van der Waals surface area contributed by atoms with Crippen molar-refractivity contribution in [2.75, 3.05) is 18.9 Å². The molecule has 3 aromatic carbocycles. The summed E-state index contributed by atoms with van der Waals surface area (Å²) in [5.41, 5.74) is 9.21. The van der Waals surface area contributed by atoms with Crippen LogP contribution in [0.15, 0.2) is 66.7 Å². The third kappa shape index (κ3) is 4.36. The lowest BCUT2D eigenvalue weighted by Gasteiger charge is -2.19. The lowest BCUT2D eigenvalue weighted by atomic mass is 9.98. The molecule has 0 aromatic heterocycles. The van der Waals surface area contributed by atoms with Gasteiger partial charge in [-0.3, -0.25) is 10.1 Å². The van der Waals surface area contributed by atoms with Crippen LogP contribution in [0.1, 0.15) is 28.7 Å². The van der Waals surface area contributed by atoms with Crippen molar-refractivity contribution in [2.45, 2.75) is 18.1 Å². The molecule has 0 saturated heterocycles. The van der Waals surface area contributed by atoms with Gasteiger partial charge in [0.15, 0.2) is 0 Å². The van der Waals surface area contributed by atoms with Crippen LogP contribution in [-0.4, -0.2) is 40.5 Å². The van der Waals surface area contributed by atoms with E-state index in [4.69, 9.17) is 10.5 Å². The summed E-state index contributed by atoms with van der Waals surface area (Å²) in [5, 5.41) is 34.3. The van der Waals surface area contributed by atoms with Gasteiger partial charge < -0.3 is 26.0 Å². The van der Waals surface area contributed by atoms with Crippen molar-refractivity contribution in [2.24, 2.45) is 0 Å². The largest absolute Gasteiger partial charge is 0.449 e. The Morgan fingerprint density at radius 1 is 1.03 bits per heavy atom. The van der Waals surface area contributed by atoms with Gasteiger partial charge in [-0.1, -0.05) is 54.6 Å². The van der Waals surface area contributed by atoms with Crippen LogP contribution in [0.25, 0.3) is 11.1 Å². The average molecular weight is 449 g/mol. The number of nitrogens with two attached hydrogens (primary N) is 1. The Kier molecular flexibility index (Phi) is 6.25. The van der Waals surface area contributed by atoms with E-state index in [9.17, 15) is 25.1 Å². The minimum Gasteiger partial charge on any atom is -0.449 e. The molecule has 33 heavy (non-hydrogen) atoms. The third-order valence-corrected chi connectivity index (χ3v) is 5.76. The standard InChI is InChI=1S/C24H23N3O6/c25-20-11-5-10-18(22(20)27(31)32)23(29)21(28)12-26-24(30)33-13-19-16-8-3-1-6-14(16)15-7-2-4-9-17(15)19/h1-11,19,21,23,28-29H,12-13,25H2,(H,26,30). The van der Waals surface area contributed by atoms with Crippen LogP contribution in [0.5, 0.6) is 0 Å². The second kappa shape index (κ2) is 9.27. The smallest absolute Gasteiger partial charge is 0.407 e. The molecule has 0 spiro atoms. The van der Waals surface area contributed by atoms with E-state index in [1.54, 1.807) is 0 Å². The summed E-state index contributed by atoms with van der Waals surface area (Å²) in [4.78, 5) is 22.8. The van der Waals surface area contributed by atoms with Crippen LogP contribution < -0.4 is 11.1 Å². The lowest BCUT2D eigenvalue weighted by Crippen LogP contribution is -2.36. The molecule has 2 atom stereocenters. The molecule has 2 unspecified atom stereocenters. The molecule has 3 aromatic rings. The highest BCUT2D eigenvalue weighted by atomic mass is 16.6. The summed E-state index contributed by atoms with van der Waals surface area (Å²) in [6.45, 7) is -0.275. The van der Waals surface area contributed by atoms with Crippen LogP contribution in [0.4, 0.5) is 16.2 Å². The number of rotatable bonds is 7. The summed E-state index contributed by atoms with van der Waals surface area (Å²) in [7, 11) is 0. The number of nitrogen functional groups attached to an aromatic ring is 1. The molecule has 1 aliphatic rings. The topological polar surface area (TPSA) is 148 Å². The molecule has 0 fully saturated rings. The Morgan fingerprint density at radius 2 is 1.64 bits per heavy atom. The molecule has 0 heterocycles. The SMILES string of the molecule is Nc1cccc(C(O)C(O)CNC(=O)OCC2c3ccccc3-c3ccccc32)c1[N+](=O)[O-]. The van der Waals surface area contributed by atoms with Crippen molar-refractivity contribution in [1.82, 2.24) is 5.32 Å². The van der Waals surface area contributed by atoms with Crippen LogP contribution in [-0.2, 0) is 4.74 Å². The molecule has 9 nitrogen and oxygen atoms in total. The number of hydrogen-bond donors (Lipinski definition) is 4. The van der Waals surface area contributed by atoms with E-state index in [1.165, 1.54) is 18.2 Å². The van der Waals surface area contributed by atoms with E-state index < -0.39 is 28.9 Å². The highest BCUT2D eigenvalue weighted by Gasteiger charge is 2.30. The molecule has 0 aliphatic heterocycles. The number of alkyl carbamates (subject to hydrolysis) is 1. The Balaban J connectivity index is 1.37. The van der Waals surface area contributed by atoms with E-state index in [2.05, 4.69) is 5.32 Å². The fourth-order valence-corrected chi connectivity index (χ4v) is 4.19. The van der Waals surface area contributed by atoms with Gasteiger partial charge in [-0.25, -0.2) is 4.79 Å². The van der Waals surface area contributed by atoms with Crippen molar-refractivity contribution in [1.29, 1.82) is 0 Å². The molecular formula is C24H23N3O6. The Bertz CT molecular complexity index is 1150. The summed E-state index contributed by atoms with van der Waals surface area (Å²) >= 11 is 0. The van der Waals surface area contributed by atoms with Crippen molar-refractivity contribution >= 4 is 17.5 Å². The molecule has 170 valence electrons. The molecule has 0 radical (unpaired) electrons. The Hall–Kier alpha value is -3.95. The highest BCUT2D eigenvalue weighted by Crippen LogP contribution is 2.44. The number of para-hydroxylation sites is 1. The first-order valence-corrected chi connectivity index (χ1v) is 10.4. The number of nitro benzene ring substituents is 1. The quantitative estimate of drug-likeness (QED) is 0.246. The molecule has 5 N–H and O–H groups in total. The number of carbonyl (C=O) groups is 1. The summed E-state index contributed by atoms with van der Waals surface area (Å²) in [6, 6.07) is 19.9. The first kappa shape index (κ1) is 22.3. The molecule has 4 rings (SSSR count). The lowest BCUT2D eigenvalue weighted by molar-refractivity contribution is -0.385. The van der Waals surface area contributed by atoms with Crippen molar-refractivity contribution < 1.29 is 24.7 Å². The maximum absolute atomic E-state index is 12.3. The third-order valence-electron chi connectivity index (χ3n) is 5.76. The fraction of sp³-hybridized carbons (Fsp3) is 0.208. The summed E-state index contributed by atoms with van der Waals surface area (Å²) in [6.07, 6.45) is -3.90. The molecule has 0 bridgehead atoms. The number of aliphatic hydroxyl groups excluding tert-OH is 2. The number of anilines is 1. The number of benzene rings is 3. The van der Waals surface area contributed by atoms with E-state index >= 15 is 0 Å². The van der Waals surface area contributed by atoms with Gasteiger partial charge in [0.1, 0.15) is 24.5 Å². The summed E-state index contributed by atoms with van der Waals surface area (Å²) in [5.74, 6) is -0.117. The minimum atomic E-state index is -1.62. The number of nitrogens with one attached hydrogen (secondary N) is 1. The van der Waals surface area contributed by atoms with Gasteiger partial charge in [0, 0.05) is 12.5 Å². The van der Waals surface area contributed by atoms with Crippen LogP contribution in [0.2, 0.25) is 0 Å². The van der Waals surface area contributed by atoms with Crippen molar-refractivity contribution in [3.8, 4) is 11.1 Å². The zero-order valence-electron chi connectivity index (χ0n) is 17.5. The maximum atomic E-state index is 12.3. The number of nitrogens with zero attached hydrogens (tertiary/aromatic N) is 1. The van der Waals surface area contributed by atoms with Gasteiger partial charge in [-0.2, -0.15) is 0 Å². The predicted molar refractivity (Wildman–Crippen MR) is 122 cm³/mol. The monoisotopic (exact) mass is 449 g/mol. The normalized spacial score (nSPS) is 14.1. The van der Waals surface area contributed by atoms with Gasteiger partial charge in [0.2, 0.25) is 0 Å². The first-order chi connectivity index (χ1) is 15.9. The molecule has 0 saturated carbocycles. The van der Waals surface area contributed by atoms with E-state index in [0.29, 0.717) is 0 Å². The van der Waals surface area contributed by atoms with E-state index in [-0.39, 0.29) is 30.3 Å². The van der Waals surface area contributed by atoms with Gasteiger partial charge in [-0.15, -0.1) is 0 Å². The number of carbonyl (C=O) groups excluding carboxylic acids is 1. The average Bonchev–Trinajstić information content (AvgIpc) is 3.14. The van der Waals surface area contributed by atoms with Crippen LogP contribution in [0.3, 0.4) is 0 Å². The molecule has 9 heteroatoms. The number of ether oxygens (including phenoxy) is 1. The zero-order valence-corrected chi connectivity index (χ0v) is 17.5. The van der Waals surface area contributed by atoms with E-state index in [0.717, 1.165) is 22.3 Å². The Labute approximate surface area is 189 Å². The van der Waals surface area contributed by atoms with E-state index in [1.807, 2.05) is 48.5 Å². The highest BCUT2D eigenvalue weighted by molar-refractivity contribution is 5.79. The number of hydrogen-bond acceptors (Lipinski definition) is 7. The van der Waals surface area contributed by atoms with Gasteiger partial charge in [-0.05, 0) is 34.4 Å². The second-order valence-electron chi connectivity index (χ2n) is 7.76. The number of nitro groups is 1. The van der Waals surface area contributed by atoms with Crippen LogP contribution >= 0.6 is 0 Å². The van der Waals surface area contributed by atoms with Crippen molar-refractivity contribution in [3.05, 3.63) is 93.5 Å². The fourth-order valence-electron chi connectivity index (χ4n) is 4.19. The van der Waals surface area contributed by atoms with Crippen molar-refractivity contribution in [3.63, 3.8) is 0 Å². The van der Waals surface area contributed by atoms with Gasteiger partial charge in [0.25, 0.3) is 5.69 Å². The number of amides is 1.